The van der Waals surface area contributed by atoms with Crippen LogP contribution in [-0.2, 0) is 12.6 Å². The lowest BCUT2D eigenvalue weighted by Crippen LogP contribution is -2.58. The van der Waals surface area contributed by atoms with Crippen LogP contribution in [0.25, 0.3) is 0 Å². The van der Waals surface area contributed by atoms with Gasteiger partial charge in [0.2, 0.25) is 0 Å². The summed E-state index contributed by atoms with van der Waals surface area (Å²) >= 11 is 0. The smallest absolute Gasteiger partial charge is 0.408 e. The van der Waals surface area contributed by atoms with Crippen molar-refractivity contribution in [1.82, 2.24) is 14.7 Å². The minimum atomic E-state index is -0.879. The van der Waals surface area contributed by atoms with Gasteiger partial charge in [0.25, 0.3) is 0 Å². The van der Waals surface area contributed by atoms with E-state index in [1.54, 1.807) is 9.58 Å². The molecule has 0 saturated carbocycles. The van der Waals surface area contributed by atoms with Crippen LogP contribution in [0.5, 0.6) is 0 Å². The fourth-order valence-corrected chi connectivity index (χ4v) is 3.84. The average Bonchev–Trinajstić information content (AvgIpc) is 2.92. The van der Waals surface area contributed by atoms with Gasteiger partial charge < -0.3 is 5.11 Å². The van der Waals surface area contributed by atoms with Crippen molar-refractivity contribution < 1.29 is 9.90 Å². The number of fused-ring (bicyclic) bond motifs is 1. The predicted molar refractivity (Wildman–Crippen MR) is 93.0 cm³/mol. The first-order valence-electron chi connectivity index (χ1n) is 8.25. The van der Waals surface area contributed by atoms with Crippen LogP contribution in [0, 0.1) is 5.41 Å². The normalized spacial score (nSPS) is 23.9. The standard InChI is InChI=1S/C19H25N3O2/c1-18(2,3)19(4)16-9-7-6-8-14(16)15(12-22(19)17(23)24)13-10-20-21(5)11-13/h6-11,15H,12H2,1-5H3,(H,23,24). The summed E-state index contributed by atoms with van der Waals surface area (Å²) in [4.78, 5) is 13.7. The second kappa shape index (κ2) is 5.36. The summed E-state index contributed by atoms with van der Waals surface area (Å²) in [6, 6.07) is 8.21. The fourth-order valence-electron chi connectivity index (χ4n) is 3.84. The van der Waals surface area contributed by atoms with Gasteiger partial charge in [0, 0.05) is 25.7 Å². The highest BCUT2D eigenvalue weighted by Crippen LogP contribution is 2.51. The predicted octanol–water partition coefficient (Wildman–Crippen LogP) is 3.81. The Balaban J connectivity index is 2.24. The summed E-state index contributed by atoms with van der Waals surface area (Å²) in [6.45, 7) is 8.78. The molecule has 1 aromatic carbocycles. The number of benzene rings is 1. The second-order valence-corrected chi connectivity index (χ2v) is 7.80. The molecule has 2 aromatic rings. The number of hydrogen-bond donors (Lipinski definition) is 1. The van der Waals surface area contributed by atoms with E-state index in [0.29, 0.717) is 6.54 Å². The SMILES string of the molecule is Cn1cc(C2CN(C(=O)O)C(C)(C(C)(C)C)c3ccccc32)cn1. The molecule has 2 unspecified atom stereocenters. The minimum absolute atomic E-state index is 0.00132. The van der Waals surface area contributed by atoms with E-state index in [2.05, 4.69) is 38.0 Å². The summed E-state index contributed by atoms with van der Waals surface area (Å²) in [6.07, 6.45) is 2.93. The second-order valence-electron chi connectivity index (χ2n) is 7.80. The Morgan fingerprint density at radius 3 is 2.54 bits per heavy atom. The van der Waals surface area contributed by atoms with Crippen molar-refractivity contribution in [2.45, 2.75) is 39.2 Å². The Bertz CT molecular complexity index is 775. The van der Waals surface area contributed by atoms with Gasteiger partial charge in [-0.2, -0.15) is 5.10 Å². The van der Waals surface area contributed by atoms with Crippen LogP contribution < -0.4 is 0 Å². The molecule has 2 atom stereocenters. The molecule has 5 heteroatoms. The maximum Gasteiger partial charge on any atom is 0.408 e. The Morgan fingerprint density at radius 1 is 1.33 bits per heavy atom. The molecule has 0 bridgehead atoms. The van der Waals surface area contributed by atoms with Crippen LogP contribution in [0.1, 0.15) is 50.3 Å². The van der Waals surface area contributed by atoms with Crippen LogP contribution in [0.2, 0.25) is 0 Å². The number of nitrogens with zero attached hydrogens (tertiary/aromatic N) is 3. The lowest BCUT2D eigenvalue weighted by molar-refractivity contribution is 0.000129. The summed E-state index contributed by atoms with van der Waals surface area (Å²) < 4.78 is 1.76. The van der Waals surface area contributed by atoms with Crippen molar-refractivity contribution in [1.29, 1.82) is 0 Å². The van der Waals surface area contributed by atoms with Gasteiger partial charge in [-0.3, -0.25) is 9.58 Å². The molecule has 0 spiro atoms. The van der Waals surface area contributed by atoms with Gasteiger partial charge in [-0.1, -0.05) is 45.0 Å². The molecule has 3 rings (SSSR count). The van der Waals surface area contributed by atoms with E-state index in [0.717, 1.165) is 11.1 Å². The van der Waals surface area contributed by atoms with E-state index >= 15 is 0 Å². The van der Waals surface area contributed by atoms with Gasteiger partial charge in [-0.05, 0) is 29.0 Å². The lowest BCUT2D eigenvalue weighted by atomic mass is 9.64. The zero-order valence-electron chi connectivity index (χ0n) is 14.9. The first-order chi connectivity index (χ1) is 11.2. The van der Waals surface area contributed by atoms with Gasteiger partial charge in [0.05, 0.1) is 11.7 Å². The van der Waals surface area contributed by atoms with Gasteiger partial charge in [-0.15, -0.1) is 0 Å². The molecule has 1 aromatic heterocycles. The number of amides is 1. The number of carbonyl (C=O) groups is 1. The van der Waals surface area contributed by atoms with Gasteiger partial charge in [0.15, 0.2) is 0 Å². The third-order valence-electron chi connectivity index (χ3n) is 5.58. The summed E-state index contributed by atoms with van der Waals surface area (Å²) in [5.74, 6) is 0.00132. The van der Waals surface area contributed by atoms with E-state index in [9.17, 15) is 9.90 Å². The van der Waals surface area contributed by atoms with Crippen molar-refractivity contribution in [2.24, 2.45) is 12.5 Å². The molecule has 1 aliphatic heterocycles. The number of carboxylic acid groups (broad SMARTS) is 1. The topological polar surface area (TPSA) is 58.4 Å². The van der Waals surface area contributed by atoms with Crippen molar-refractivity contribution in [3.8, 4) is 0 Å². The summed E-state index contributed by atoms with van der Waals surface area (Å²) in [7, 11) is 1.88. The molecule has 0 fully saturated rings. The Morgan fingerprint density at radius 2 is 2.00 bits per heavy atom. The highest BCUT2D eigenvalue weighted by atomic mass is 16.4. The molecule has 24 heavy (non-hydrogen) atoms. The van der Waals surface area contributed by atoms with Crippen LogP contribution in [-0.4, -0.2) is 32.4 Å². The van der Waals surface area contributed by atoms with E-state index in [4.69, 9.17) is 0 Å². The quantitative estimate of drug-likeness (QED) is 0.866. The Labute approximate surface area is 142 Å². The molecular weight excluding hydrogens is 302 g/mol. The van der Waals surface area contributed by atoms with Crippen LogP contribution in [0.4, 0.5) is 4.79 Å². The third kappa shape index (κ3) is 2.30. The lowest BCUT2D eigenvalue weighted by Gasteiger charge is -2.54. The third-order valence-corrected chi connectivity index (χ3v) is 5.58. The van der Waals surface area contributed by atoms with E-state index < -0.39 is 11.6 Å². The van der Waals surface area contributed by atoms with Crippen molar-refractivity contribution in [3.63, 3.8) is 0 Å². The van der Waals surface area contributed by atoms with E-state index in [1.807, 2.05) is 38.5 Å². The zero-order chi connectivity index (χ0) is 17.7. The molecule has 0 radical (unpaired) electrons. The van der Waals surface area contributed by atoms with Gasteiger partial charge in [-0.25, -0.2) is 4.79 Å². The number of rotatable bonds is 1. The zero-order valence-corrected chi connectivity index (χ0v) is 14.9. The molecule has 2 heterocycles. The number of aryl methyl sites for hydroxylation is 1. The van der Waals surface area contributed by atoms with Crippen molar-refractivity contribution in [3.05, 3.63) is 53.3 Å². The molecule has 0 aliphatic carbocycles. The first kappa shape index (κ1) is 16.6. The highest BCUT2D eigenvalue weighted by molar-refractivity contribution is 5.68. The minimum Gasteiger partial charge on any atom is -0.465 e. The van der Waals surface area contributed by atoms with Crippen LogP contribution >= 0.6 is 0 Å². The fraction of sp³-hybridized carbons (Fsp3) is 0.474. The van der Waals surface area contributed by atoms with Crippen LogP contribution in [0.3, 0.4) is 0 Å². The Kier molecular flexibility index (Phi) is 3.70. The van der Waals surface area contributed by atoms with Gasteiger partial charge >= 0.3 is 6.09 Å². The molecule has 0 saturated heterocycles. The Hall–Kier alpha value is -2.30. The van der Waals surface area contributed by atoms with Crippen LogP contribution in [0.15, 0.2) is 36.7 Å². The monoisotopic (exact) mass is 327 g/mol. The average molecular weight is 327 g/mol. The molecule has 128 valence electrons. The van der Waals surface area contributed by atoms with Crippen molar-refractivity contribution >= 4 is 6.09 Å². The van der Waals surface area contributed by atoms with Gasteiger partial charge in [0.1, 0.15) is 0 Å². The molecule has 1 N–H and O–H groups in total. The van der Waals surface area contributed by atoms with E-state index in [1.165, 1.54) is 5.56 Å². The summed E-state index contributed by atoms with van der Waals surface area (Å²) in [5, 5.41) is 14.2. The first-order valence-corrected chi connectivity index (χ1v) is 8.25. The molecule has 1 aliphatic rings. The maximum absolute atomic E-state index is 12.1. The molecule has 5 nitrogen and oxygen atoms in total. The number of aromatic nitrogens is 2. The molecule has 1 amide bonds. The maximum atomic E-state index is 12.1. The molecular formula is C19H25N3O2. The highest BCUT2D eigenvalue weighted by Gasteiger charge is 2.51. The number of hydrogen-bond acceptors (Lipinski definition) is 2. The van der Waals surface area contributed by atoms with Crippen molar-refractivity contribution in [2.75, 3.05) is 6.54 Å². The summed E-state index contributed by atoms with van der Waals surface area (Å²) in [5.41, 5.74) is 2.50. The largest absolute Gasteiger partial charge is 0.465 e. The van der Waals surface area contributed by atoms with E-state index in [-0.39, 0.29) is 11.3 Å².